The summed E-state index contributed by atoms with van der Waals surface area (Å²) in [5, 5.41) is 11.2. The molecule has 0 spiro atoms. The lowest BCUT2D eigenvalue weighted by Gasteiger charge is -2.10. The van der Waals surface area contributed by atoms with Gasteiger partial charge in [0.15, 0.2) is 5.56 Å². The molecule has 28 heavy (non-hydrogen) atoms. The molecule has 0 atom stereocenters. The Morgan fingerprint density at radius 1 is 1.14 bits per heavy atom. The summed E-state index contributed by atoms with van der Waals surface area (Å²) in [7, 11) is 0. The summed E-state index contributed by atoms with van der Waals surface area (Å²) in [6.07, 6.45) is 3.02. The van der Waals surface area contributed by atoms with Crippen molar-refractivity contribution in [1.29, 1.82) is 0 Å². The normalized spacial score (nSPS) is 11.1. The maximum Gasteiger partial charge on any atom is 0.354 e. The first-order valence-electron chi connectivity index (χ1n) is 8.27. The van der Waals surface area contributed by atoms with Crippen LogP contribution in [0.25, 0.3) is 16.8 Å². The van der Waals surface area contributed by atoms with E-state index in [4.69, 9.17) is 11.6 Å². The molecular weight excluding hydrogens is 388 g/mol. The second kappa shape index (κ2) is 7.01. The number of pyridine rings is 2. The van der Waals surface area contributed by atoms with E-state index in [9.17, 15) is 18.7 Å². The van der Waals surface area contributed by atoms with Crippen LogP contribution in [-0.2, 0) is 6.54 Å². The summed E-state index contributed by atoms with van der Waals surface area (Å²) in [5.74, 6) is -2.01. The van der Waals surface area contributed by atoms with E-state index in [0.29, 0.717) is 16.4 Å². The molecule has 4 aromatic rings. The lowest BCUT2D eigenvalue weighted by molar-refractivity contribution is -0.532. The summed E-state index contributed by atoms with van der Waals surface area (Å²) < 4.78 is 30.8. The van der Waals surface area contributed by atoms with Gasteiger partial charge in [0.25, 0.3) is 11.5 Å². The highest BCUT2D eigenvalue weighted by atomic mass is 35.5. The summed E-state index contributed by atoms with van der Waals surface area (Å²) >= 11 is 5.81. The summed E-state index contributed by atoms with van der Waals surface area (Å²) in [6.45, 7) is 0.133. The molecule has 3 aromatic heterocycles. The van der Waals surface area contributed by atoms with Crippen molar-refractivity contribution in [2.24, 2.45) is 0 Å². The van der Waals surface area contributed by atoms with Gasteiger partial charge in [0.1, 0.15) is 23.3 Å². The molecule has 3 heterocycles. The number of fused-ring (bicyclic) bond motifs is 1. The summed E-state index contributed by atoms with van der Waals surface area (Å²) in [5.41, 5.74) is -0.241. The van der Waals surface area contributed by atoms with Gasteiger partial charge < -0.3 is 5.11 Å². The predicted octanol–water partition coefficient (Wildman–Crippen LogP) is 3.33. The van der Waals surface area contributed by atoms with Crippen LogP contribution >= 0.6 is 11.6 Å². The molecule has 8 heteroatoms. The van der Waals surface area contributed by atoms with Gasteiger partial charge in [0, 0.05) is 23.4 Å². The maximum atomic E-state index is 14.4. The Morgan fingerprint density at radius 2 is 1.96 bits per heavy atom. The molecule has 1 aromatic carbocycles. The van der Waals surface area contributed by atoms with Gasteiger partial charge in [-0.2, -0.15) is 8.97 Å². The van der Waals surface area contributed by atoms with Gasteiger partial charge in [-0.25, -0.2) is 18.6 Å². The van der Waals surface area contributed by atoms with Crippen molar-refractivity contribution in [2.45, 2.75) is 6.54 Å². The van der Waals surface area contributed by atoms with Crippen molar-refractivity contribution in [3.05, 3.63) is 93.6 Å². The first-order valence-corrected chi connectivity index (χ1v) is 8.65. The molecule has 0 amide bonds. The average molecular weight is 401 g/mol. The van der Waals surface area contributed by atoms with Crippen LogP contribution in [0.3, 0.4) is 0 Å². The third-order valence-corrected chi connectivity index (χ3v) is 4.58. The van der Waals surface area contributed by atoms with E-state index in [1.165, 1.54) is 21.4 Å². The van der Waals surface area contributed by atoms with Crippen LogP contribution in [0, 0.1) is 11.6 Å². The smallest absolute Gasteiger partial charge is 0.354 e. The van der Waals surface area contributed by atoms with E-state index in [1.807, 2.05) is 0 Å². The molecule has 0 aliphatic heterocycles. The molecule has 0 fully saturated rings. The Kier molecular flexibility index (Phi) is 4.52. The fourth-order valence-electron chi connectivity index (χ4n) is 3.05. The van der Waals surface area contributed by atoms with Gasteiger partial charge in [-0.3, -0.25) is 0 Å². The van der Waals surface area contributed by atoms with E-state index in [0.717, 1.165) is 18.2 Å². The molecular formula is C20H13ClF2N3O2+. The molecule has 4 rings (SSSR count). The number of aromatic hydroxyl groups is 1. The van der Waals surface area contributed by atoms with Crippen molar-refractivity contribution in [2.75, 3.05) is 0 Å². The van der Waals surface area contributed by atoms with Crippen molar-refractivity contribution in [3.63, 3.8) is 0 Å². The quantitative estimate of drug-likeness (QED) is 0.424. The SMILES string of the molecule is O=c1c(-c2cc(F)ccc2F)c(O)n(Cc2ccc(Cl)nc2)c2cccc[n+]12. The number of benzene rings is 1. The average Bonchev–Trinajstić information content (AvgIpc) is 2.69. The van der Waals surface area contributed by atoms with Crippen LogP contribution in [0.15, 0.2) is 65.7 Å². The monoisotopic (exact) mass is 400 g/mol. The minimum Gasteiger partial charge on any atom is -0.477 e. The Bertz CT molecular complexity index is 1260. The lowest BCUT2D eigenvalue weighted by atomic mass is 10.1. The number of hydrogen-bond donors (Lipinski definition) is 1. The number of nitrogens with zero attached hydrogens (tertiary/aromatic N) is 3. The second-order valence-electron chi connectivity index (χ2n) is 6.13. The largest absolute Gasteiger partial charge is 0.477 e. The number of halogens is 3. The van der Waals surface area contributed by atoms with Crippen LogP contribution in [0.1, 0.15) is 5.56 Å². The van der Waals surface area contributed by atoms with Gasteiger partial charge in [-0.05, 0) is 30.3 Å². The van der Waals surface area contributed by atoms with Gasteiger partial charge in [0.05, 0.1) is 6.20 Å². The zero-order chi connectivity index (χ0) is 19.8. The van der Waals surface area contributed by atoms with E-state index >= 15 is 0 Å². The Labute approximate surface area is 162 Å². The van der Waals surface area contributed by atoms with Crippen LogP contribution in [0.2, 0.25) is 5.15 Å². The molecule has 0 saturated carbocycles. The van der Waals surface area contributed by atoms with E-state index in [1.54, 1.807) is 30.3 Å². The van der Waals surface area contributed by atoms with E-state index in [2.05, 4.69) is 4.98 Å². The highest BCUT2D eigenvalue weighted by Gasteiger charge is 2.27. The van der Waals surface area contributed by atoms with Gasteiger partial charge in [0.2, 0.25) is 0 Å². The van der Waals surface area contributed by atoms with Crippen LogP contribution < -0.4 is 9.96 Å². The number of hydrogen-bond acceptors (Lipinski definition) is 3. The highest BCUT2D eigenvalue weighted by Crippen LogP contribution is 2.29. The van der Waals surface area contributed by atoms with Crippen molar-refractivity contribution in [3.8, 4) is 17.0 Å². The molecule has 5 nitrogen and oxygen atoms in total. The molecule has 0 aliphatic rings. The molecule has 0 radical (unpaired) electrons. The first-order chi connectivity index (χ1) is 13.5. The standard InChI is InChI=1S/C20H12ClF2N3O2/c21-16-7-4-12(10-24-16)11-26-17-3-1-2-8-25(17)19(27)18(20(26)28)14-9-13(22)5-6-15(14)23/h1-10H,11H2/p+1. The predicted molar refractivity (Wildman–Crippen MR) is 99.2 cm³/mol. The maximum absolute atomic E-state index is 14.4. The topological polar surface area (TPSA) is 59.2 Å². The van der Waals surface area contributed by atoms with E-state index < -0.39 is 23.1 Å². The van der Waals surface area contributed by atoms with E-state index in [-0.39, 0.29) is 17.7 Å². The third-order valence-electron chi connectivity index (χ3n) is 4.35. The fourth-order valence-corrected chi connectivity index (χ4v) is 3.16. The van der Waals surface area contributed by atoms with Gasteiger partial charge in [-0.15, -0.1) is 0 Å². The number of aromatic nitrogens is 3. The zero-order valence-corrected chi connectivity index (χ0v) is 15.1. The first kappa shape index (κ1) is 18.1. The minimum atomic E-state index is -0.815. The summed E-state index contributed by atoms with van der Waals surface area (Å²) in [6, 6.07) is 11.0. The van der Waals surface area contributed by atoms with Gasteiger partial charge in [-0.1, -0.05) is 23.7 Å². The van der Waals surface area contributed by atoms with Crippen LogP contribution in [0.5, 0.6) is 5.88 Å². The molecule has 1 N–H and O–H groups in total. The Morgan fingerprint density at radius 3 is 2.71 bits per heavy atom. The molecule has 140 valence electrons. The molecule has 0 saturated heterocycles. The molecule has 0 bridgehead atoms. The summed E-state index contributed by atoms with van der Waals surface area (Å²) in [4.78, 5) is 16.9. The minimum absolute atomic E-state index is 0.133. The van der Waals surface area contributed by atoms with Crippen LogP contribution in [0.4, 0.5) is 8.78 Å². The lowest BCUT2D eigenvalue weighted by Crippen LogP contribution is -2.43. The van der Waals surface area contributed by atoms with Crippen LogP contribution in [-0.4, -0.2) is 14.7 Å². The van der Waals surface area contributed by atoms with Crippen molar-refractivity contribution >= 4 is 17.2 Å². The third kappa shape index (κ3) is 3.10. The van der Waals surface area contributed by atoms with Gasteiger partial charge >= 0.3 is 5.56 Å². The molecule has 0 unspecified atom stereocenters. The Balaban J connectivity index is 2.03. The highest BCUT2D eigenvalue weighted by molar-refractivity contribution is 6.29. The molecule has 0 aliphatic carbocycles. The van der Waals surface area contributed by atoms with Crippen molar-refractivity contribution in [1.82, 2.24) is 9.55 Å². The second-order valence-corrected chi connectivity index (χ2v) is 6.52. The Hall–Kier alpha value is -3.32. The number of rotatable bonds is 3. The fraction of sp³-hybridized carbons (Fsp3) is 0.0500. The van der Waals surface area contributed by atoms with Crippen molar-refractivity contribution < 1.29 is 18.3 Å². The zero-order valence-electron chi connectivity index (χ0n) is 14.3.